The molecule has 0 saturated heterocycles. The Morgan fingerprint density at radius 3 is 2.29 bits per heavy atom. The zero-order valence-corrected chi connectivity index (χ0v) is 14.1. The summed E-state index contributed by atoms with van der Waals surface area (Å²) in [5.74, 6) is -1.09. The van der Waals surface area contributed by atoms with Crippen molar-refractivity contribution in [1.29, 1.82) is 0 Å². The third-order valence-electron chi connectivity index (χ3n) is 3.24. The van der Waals surface area contributed by atoms with E-state index in [-0.39, 0.29) is 12.2 Å². The van der Waals surface area contributed by atoms with Gasteiger partial charge in [-0.1, -0.05) is 42.5 Å². The third kappa shape index (κ3) is 5.27. The molecule has 126 valence electrons. The molecule has 0 aromatic heterocycles. The van der Waals surface area contributed by atoms with Crippen LogP contribution in [0.25, 0.3) is 0 Å². The number of rotatable bonds is 6. The quantitative estimate of drug-likeness (QED) is 0.654. The van der Waals surface area contributed by atoms with Crippen LogP contribution in [-0.4, -0.2) is 28.3 Å². The summed E-state index contributed by atoms with van der Waals surface area (Å²) >= 11 is 3.23. The molecule has 2 aromatic rings. The van der Waals surface area contributed by atoms with Gasteiger partial charge < -0.3 is 20.3 Å². The molecule has 1 amide bonds. The van der Waals surface area contributed by atoms with E-state index < -0.39 is 23.1 Å². The van der Waals surface area contributed by atoms with Crippen LogP contribution in [0.5, 0.6) is 5.75 Å². The van der Waals surface area contributed by atoms with Gasteiger partial charge in [0.15, 0.2) is 5.01 Å². The van der Waals surface area contributed by atoms with Crippen molar-refractivity contribution >= 4 is 28.0 Å². The minimum Gasteiger partial charge on any atom is -0.508 e. The van der Waals surface area contributed by atoms with Crippen LogP contribution >= 0.6 is 15.9 Å². The minimum absolute atomic E-state index is 0.0724. The molecule has 0 spiro atoms. The molecule has 0 saturated carbocycles. The number of amides is 1. The number of aromatic hydroxyl groups is 1. The Bertz CT molecular complexity index is 690. The van der Waals surface area contributed by atoms with Gasteiger partial charge in [-0.15, -0.1) is 0 Å². The normalized spacial score (nSPS) is 12.9. The second-order valence-electron chi connectivity index (χ2n) is 5.04. The SMILES string of the molecule is O=C(N[C@@H](Cc1ccc(O)cc1)C(=O)O)OC(Br)c1ccccc1. The van der Waals surface area contributed by atoms with Crippen molar-refractivity contribution in [2.75, 3.05) is 0 Å². The summed E-state index contributed by atoms with van der Waals surface area (Å²) in [6.45, 7) is 0. The van der Waals surface area contributed by atoms with Gasteiger partial charge in [0.25, 0.3) is 0 Å². The Kier molecular flexibility index (Phi) is 6.20. The number of halogens is 1. The number of ether oxygens (including phenoxy) is 1. The fourth-order valence-electron chi connectivity index (χ4n) is 2.01. The number of hydrogen-bond donors (Lipinski definition) is 3. The van der Waals surface area contributed by atoms with E-state index >= 15 is 0 Å². The zero-order chi connectivity index (χ0) is 17.5. The lowest BCUT2D eigenvalue weighted by molar-refractivity contribution is -0.139. The molecule has 2 atom stereocenters. The van der Waals surface area contributed by atoms with Crippen molar-refractivity contribution in [2.24, 2.45) is 0 Å². The molecule has 2 rings (SSSR count). The topological polar surface area (TPSA) is 95.9 Å². The maximum absolute atomic E-state index is 11.9. The third-order valence-corrected chi connectivity index (χ3v) is 3.95. The van der Waals surface area contributed by atoms with Crippen molar-refractivity contribution in [1.82, 2.24) is 5.32 Å². The van der Waals surface area contributed by atoms with Crippen LogP contribution in [-0.2, 0) is 16.0 Å². The highest BCUT2D eigenvalue weighted by atomic mass is 79.9. The number of carbonyl (C=O) groups is 2. The maximum atomic E-state index is 11.9. The summed E-state index contributed by atoms with van der Waals surface area (Å²) < 4.78 is 5.14. The Morgan fingerprint density at radius 2 is 1.71 bits per heavy atom. The predicted octanol–water partition coefficient (Wildman–Crippen LogP) is 3.21. The predicted molar refractivity (Wildman–Crippen MR) is 91.0 cm³/mol. The van der Waals surface area contributed by atoms with Crippen molar-refractivity contribution in [3.63, 3.8) is 0 Å². The average Bonchev–Trinajstić information content (AvgIpc) is 2.56. The van der Waals surface area contributed by atoms with Crippen LogP contribution in [0.4, 0.5) is 4.79 Å². The Hall–Kier alpha value is -2.54. The summed E-state index contributed by atoms with van der Waals surface area (Å²) in [5.41, 5.74) is 1.40. The van der Waals surface area contributed by atoms with Gasteiger partial charge in [0.05, 0.1) is 0 Å². The molecule has 24 heavy (non-hydrogen) atoms. The Labute approximate surface area is 147 Å². The molecule has 2 aromatic carbocycles. The fraction of sp³-hybridized carbons (Fsp3) is 0.176. The lowest BCUT2D eigenvalue weighted by Crippen LogP contribution is -2.42. The Morgan fingerprint density at radius 1 is 1.08 bits per heavy atom. The number of hydrogen-bond acceptors (Lipinski definition) is 4. The highest BCUT2D eigenvalue weighted by Gasteiger charge is 2.23. The lowest BCUT2D eigenvalue weighted by atomic mass is 10.1. The minimum atomic E-state index is -1.18. The number of alkyl carbamates (subject to hydrolysis) is 1. The summed E-state index contributed by atoms with van der Waals surface area (Å²) in [5, 5.41) is 20.1. The van der Waals surface area contributed by atoms with Gasteiger partial charge in [-0.25, -0.2) is 9.59 Å². The number of carboxylic acid groups (broad SMARTS) is 1. The van der Waals surface area contributed by atoms with E-state index in [2.05, 4.69) is 21.2 Å². The molecule has 0 aliphatic heterocycles. The van der Waals surface area contributed by atoms with E-state index in [1.807, 2.05) is 6.07 Å². The van der Waals surface area contributed by atoms with E-state index in [0.717, 1.165) is 5.56 Å². The Balaban J connectivity index is 1.95. The molecular weight excluding hydrogens is 378 g/mol. The van der Waals surface area contributed by atoms with Crippen LogP contribution in [0, 0.1) is 0 Å². The molecule has 0 bridgehead atoms. The van der Waals surface area contributed by atoms with Crippen LogP contribution in [0.3, 0.4) is 0 Å². The van der Waals surface area contributed by atoms with E-state index in [1.54, 1.807) is 36.4 Å². The number of phenolic OH excluding ortho intramolecular Hbond substituents is 1. The standard InChI is InChI=1S/C17H16BrNO5/c18-15(12-4-2-1-3-5-12)24-17(23)19-14(16(21)22)10-11-6-8-13(20)9-7-11/h1-9,14-15,20H,10H2,(H,19,23)(H,21,22)/t14-,15?/m0/s1. The highest BCUT2D eigenvalue weighted by molar-refractivity contribution is 9.09. The zero-order valence-electron chi connectivity index (χ0n) is 12.6. The molecule has 1 unspecified atom stereocenters. The highest BCUT2D eigenvalue weighted by Crippen LogP contribution is 2.23. The van der Waals surface area contributed by atoms with Crippen molar-refractivity contribution in [3.05, 3.63) is 65.7 Å². The van der Waals surface area contributed by atoms with Gasteiger partial charge in [0.1, 0.15) is 11.8 Å². The fourth-order valence-corrected chi connectivity index (χ4v) is 2.49. The molecule has 0 aliphatic rings. The first-order valence-corrected chi connectivity index (χ1v) is 8.04. The van der Waals surface area contributed by atoms with Gasteiger partial charge >= 0.3 is 12.1 Å². The van der Waals surface area contributed by atoms with Gasteiger partial charge in [-0.2, -0.15) is 0 Å². The number of benzene rings is 2. The van der Waals surface area contributed by atoms with Crippen LogP contribution in [0.2, 0.25) is 0 Å². The van der Waals surface area contributed by atoms with Crippen LogP contribution in [0.15, 0.2) is 54.6 Å². The average molecular weight is 394 g/mol. The summed E-state index contributed by atoms with van der Waals surface area (Å²) in [4.78, 5) is 23.2. The second-order valence-corrected chi connectivity index (χ2v) is 5.87. The first-order chi connectivity index (χ1) is 11.5. The lowest BCUT2D eigenvalue weighted by Gasteiger charge is -2.17. The van der Waals surface area contributed by atoms with Gasteiger partial charge in [-0.05, 0) is 33.6 Å². The largest absolute Gasteiger partial charge is 0.508 e. The first-order valence-electron chi connectivity index (χ1n) is 7.12. The molecule has 0 radical (unpaired) electrons. The van der Waals surface area contributed by atoms with Crippen molar-refractivity contribution in [3.8, 4) is 5.75 Å². The van der Waals surface area contributed by atoms with E-state index in [4.69, 9.17) is 4.74 Å². The molecule has 3 N–H and O–H groups in total. The van der Waals surface area contributed by atoms with Crippen molar-refractivity contribution in [2.45, 2.75) is 17.5 Å². The number of alkyl halides is 1. The first kappa shape index (κ1) is 17.8. The summed E-state index contributed by atoms with van der Waals surface area (Å²) in [6.07, 6.45) is -0.768. The van der Waals surface area contributed by atoms with Gasteiger partial charge in [0.2, 0.25) is 0 Å². The molecule has 0 fully saturated rings. The van der Waals surface area contributed by atoms with E-state index in [1.165, 1.54) is 12.1 Å². The number of aliphatic carboxylic acids is 1. The second kappa shape index (κ2) is 8.35. The number of nitrogens with one attached hydrogen (secondary N) is 1. The molecule has 6 nitrogen and oxygen atoms in total. The van der Waals surface area contributed by atoms with Crippen LogP contribution in [0.1, 0.15) is 16.1 Å². The smallest absolute Gasteiger partial charge is 0.409 e. The monoisotopic (exact) mass is 393 g/mol. The van der Waals surface area contributed by atoms with Crippen molar-refractivity contribution < 1.29 is 24.5 Å². The molecule has 0 heterocycles. The maximum Gasteiger partial charge on any atom is 0.409 e. The summed E-state index contributed by atoms with van der Waals surface area (Å²) in [6, 6.07) is 13.9. The number of carboxylic acids is 1. The van der Waals surface area contributed by atoms with E-state index in [0.29, 0.717) is 5.56 Å². The number of carbonyl (C=O) groups excluding carboxylic acids is 1. The molecule has 7 heteroatoms. The molecule has 0 aliphatic carbocycles. The van der Waals surface area contributed by atoms with Crippen LogP contribution < -0.4 is 5.32 Å². The van der Waals surface area contributed by atoms with Gasteiger partial charge in [-0.3, -0.25) is 0 Å². The van der Waals surface area contributed by atoms with Gasteiger partial charge in [0, 0.05) is 12.0 Å². The summed E-state index contributed by atoms with van der Waals surface area (Å²) in [7, 11) is 0. The number of phenols is 1. The molecular formula is C17H16BrNO5. The van der Waals surface area contributed by atoms with E-state index in [9.17, 15) is 19.8 Å².